The topological polar surface area (TPSA) is 41.1 Å². The minimum Gasteiger partial charge on any atom is -0.356 e. The number of hydrogen-bond acceptors (Lipinski definition) is 2. The van der Waals surface area contributed by atoms with Gasteiger partial charge in [0.25, 0.3) is 0 Å². The van der Waals surface area contributed by atoms with Gasteiger partial charge in [0, 0.05) is 12.5 Å². The van der Waals surface area contributed by atoms with Crippen molar-refractivity contribution < 1.29 is 4.79 Å². The molecule has 2 fully saturated rings. The molecule has 0 aromatic heterocycles. The predicted octanol–water partition coefficient (Wildman–Crippen LogP) is 2.38. The molecule has 1 atom stereocenters. The summed E-state index contributed by atoms with van der Waals surface area (Å²) in [5.41, 5.74) is 1.93. The van der Waals surface area contributed by atoms with Crippen molar-refractivity contribution in [1.29, 1.82) is 0 Å². The zero-order valence-corrected chi connectivity index (χ0v) is 11.8. The molecular formula is C16H26N2O. The van der Waals surface area contributed by atoms with Crippen LogP contribution >= 0.6 is 0 Å². The summed E-state index contributed by atoms with van der Waals surface area (Å²) >= 11 is 0. The van der Waals surface area contributed by atoms with Gasteiger partial charge in [0.05, 0.1) is 0 Å². The lowest BCUT2D eigenvalue weighted by Crippen LogP contribution is -2.34. The first kappa shape index (κ1) is 13.2. The average molecular weight is 262 g/mol. The molecule has 1 unspecified atom stereocenters. The Kier molecular flexibility index (Phi) is 3.92. The average Bonchev–Trinajstić information content (AvgIpc) is 3.14. The Hall–Kier alpha value is -0.830. The molecule has 0 aromatic rings. The van der Waals surface area contributed by atoms with Crippen molar-refractivity contribution in [1.82, 2.24) is 10.6 Å². The molecule has 2 N–H and O–H groups in total. The lowest BCUT2D eigenvalue weighted by Gasteiger charge is -2.23. The molecule has 1 saturated heterocycles. The lowest BCUT2D eigenvalue weighted by molar-refractivity contribution is -0.123. The van der Waals surface area contributed by atoms with E-state index in [-0.39, 0.29) is 0 Å². The van der Waals surface area contributed by atoms with Gasteiger partial charge in [-0.2, -0.15) is 0 Å². The molecule has 1 aliphatic heterocycles. The largest absolute Gasteiger partial charge is 0.356 e. The van der Waals surface area contributed by atoms with Crippen LogP contribution in [-0.4, -0.2) is 25.5 Å². The van der Waals surface area contributed by atoms with E-state index in [1.807, 2.05) is 0 Å². The van der Waals surface area contributed by atoms with Gasteiger partial charge in [-0.25, -0.2) is 0 Å². The van der Waals surface area contributed by atoms with Crippen molar-refractivity contribution in [3.8, 4) is 0 Å². The van der Waals surface area contributed by atoms with Crippen LogP contribution in [0.5, 0.6) is 0 Å². The fourth-order valence-corrected chi connectivity index (χ4v) is 3.80. The van der Waals surface area contributed by atoms with E-state index in [0.29, 0.717) is 17.2 Å². The third kappa shape index (κ3) is 3.02. The minimum absolute atomic E-state index is 0.315. The molecule has 0 aromatic carbocycles. The number of hydrogen-bond donors (Lipinski definition) is 2. The van der Waals surface area contributed by atoms with Crippen molar-refractivity contribution in [2.45, 2.75) is 51.4 Å². The highest BCUT2D eigenvalue weighted by atomic mass is 16.2. The van der Waals surface area contributed by atoms with E-state index < -0.39 is 0 Å². The molecule has 1 heterocycles. The Morgan fingerprint density at radius 1 is 1.37 bits per heavy atom. The third-order valence-electron chi connectivity index (χ3n) is 5.24. The van der Waals surface area contributed by atoms with Gasteiger partial charge in [0.1, 0.15) is 0 Å². The zero-order valence-electron chi connectivity index (χ0n) is 11.8. The highest BCUT2D eigenvalue weighted by Gasteiger charge is 2.57. The summed E-state index contributed by atoms with van der Waals surface area (Å²) in [4.78, 5) is 12.2. The van der Waals surface area contributed by atoms with Crippen LogP contribution < -0.4 is 10.6 Å². The molecule has 0 bridgehead atoms. The molecule has 3 heteroatoms. The van der Waals surface area contributed by atoms with Crippen molar-refractivity contribution in [3.63, 3.8) is 0 Å². The maximum atomic E-state index is 12.2. The van der Waals surface area contributed by atoms with Crippen molar-refractivity contribution in [2.75, 3.05) is 19.6 Å². The SMILES string of the molecule is O=C(NCCC1=CCCCC1)C1CC12CCNCC2. The lowest BCUT2D eigenvalue weighted by atomic mass is 9.91. The van der Waals surface area contributed by atoms with Crippen LogP contribution in [0.2, 0.25) is 0 Å². The van der Waals surface area contributed by atoms with E-state index >= 15 is 0 Å². The fraction of sp³-hybridized carbons (Fsp3) is 0.812. The van der Waals surface area contributed by atoms with Gasteiger partial charge >= 0.3 is 0 Å². The number of carbonyl (C=O) groups excluding carboxylic acids is 1. The van der Waals surface area contributed by atoms with E-state index in [9.17, 15) is 4.79 Å². The van der Waals surface area contributed by atoms with Crippen LogP contribution in [0.1, 0.15) is 51.4 Å². The van der Waals surface area contributed by atoms with Gasteiger partial charge in [0.15, 0.2) is 0 Å². The summed E-state index contributed by atoms with van der Waals surface area (Å²) in [6, 6.07) is 0. The van der Waals surface area contributed by atoms with Crippen LogP contribution in [0.15, 0.2) is 11.6 Å². The second-order valence-corrected chi connectivity index (χ2v) is 6.52. The van der Waals surface area contributed by atoms with E-state index in [1.54, 1.807) is 5.57 Å². The quantitative estimate of drug-likeness (QED) is 0.764. The number of allylic oxidation sites excluding steroid dienone is 1. The molecule has 1 saturated carbocycles. The van der Waals surface area contributed by atoms with E-state index in [0.717, 1.165) is 32.5 Å². The maximum Gasteiger partial charge on any atom is 0.223 e. The van der Waals surface area contributed by atoms with Crippen LogP contribution in [0.25, 0.3) is 0 Å². The third-order valence-corrected chi connectivity index (χ3v) is 5.24. The molecule has 0 radical (unpaired) electrons. The standard InChI is InChI=1S/C16H26N2O/c19-15(14-12-16(14)7-10-17-11-8-16)18-9-6-13-4-2-1-3-5-13/h4,14,17H,1-3,5-12H2,(H,18,19). The van der Waals surface area contributed by atoms with Crippen LogP contribution in [0.3, 0.4) is 0 Å². The molecule has 2 aliphatic carbocycles. The molecule has 1 spiro atoms. The number of nitrogens with one attached hydrogen (secondary N) is 2. The first-order valence-electron chi connectivity index (χ1n) is 7.97. The first-order valence-corrected chi connectivity index (χ1v) is 7.97. The first-order chi connectivity index (χ1) is 9.30. The Bertz CT molecular complexity index is 369. The number of carbonyl (C=O) groups is 1. The van der Waals surface area contributed by atoms with Gasteiger partial charge < -0.3 is 10.6 Å². The summed E-state index contributed by atoms with van der Waals surface area (Å²) in [5, 5.41) is 6.55. The monoisotopic (exact) mass is 262 g/mol. The molecule has 19 heavy (non-hydrogen) atoms. The Balaban J connectivity index is 1.39. The Morgan fingerprint density at radius 3 is 2.95 bits per heavy atom. The molecule has 106 valence electrons. The molecular weight excluding hydrogens is 236 g/mol. The predicted molar refractivity (Wildman–Crippen MR) is 76.8 cm³/mol. The summed E-state index contributed by atoms with van der Waals surface area (Å²) in [6.45, 7) is 3.03. The second kappa shape index (κ2) is 5.66. The van der Waals surface area contributed by atoms with E-state index in [2.05, 4.69) is 16.7 Å². The number of piperidine rings is 1. The summed E-state index contributed by atoms with van der Waals surface area (Å²) in [7, 11) is 0. The molecule has 3 rings (SSSR count). The summed E-state index contributed by atoms with van der Waals surface area (Å²) < 4.78 is 0. The van der Waals surface area contributed by atoms with E-state index in [1.165, 1.54) is 38.5 Å². The second-order valence-electron chi connectivity index (χ2n) is 6.52. The molecule has 1 amide bonds. The van der Waals surface area contributed by atoms with Gasteiger partial charge in [-0.15, -0.1) is 0 Å². The van der Waals surface area contributed by atoms with Crippen LogP contribution in [-0.2, 0) is 4.79 Å². The zero-order chi connectivity index (χ0) is 13.1. The normalized spacial score (nSPS) is 28.8. The van der Waals surface area contributed by atoms with Gasteiger partial charge in [-0.1, -0.05) is 11.6 Å². The van der Waals surface area contributed by atoms with Gasteiger partial charge in [0.2, 0.25) is 5.91 Å². The van der Waals surface area contributed by atoms with Crippen LogP contribution in [0, 0.1) is 11.3 Å². The highest BCUT2D eigenvalue weighted by molar-refractivity contribution is 5.82. The minimum atomic E-state index is 0.315. The van der Waals surface area contributed by atoms with Crippen molar-refractivity contribution in [2.24, 2.45) is 11.3 Å². The molecule has 3 aliphatic rings. The van der Waals surface area contributed by atoms with Crippen LogP contribution in [0.4, 0.5) is 0 Å². The Labute approximate surface area is 116 Å². The van der Waals surface area contributed by atoms with Gasteiger partial charge in [-0.05, 0) is 69.9 Å². The summed E-state index contributed by atoms with van der Waals surface area (Å²) in [5.74, 6) is 0.633. The van der Waals surface area contributed by atoms with Crippen molar-refractivity contribution >= 4 is 5.91 Å². The fourth-order valence-electron chi connectivity index (χ4n) is 3.80. The smallest absolute Gasteiger partial charge is 0.223 e. The Morgan fingerprint density at radius 2 is 2.21 bits per heavy atom. The number of amides is 1. The molecule has 3 nitrogen and oxygen atoms in total. The summed E-state index contributed by atoms with van der Waals surface area (Å²) in [6.07, 6.45) is 12.1. The van der Waals surface area contributed by atoms with Crippen molar-refractivity contribution in [3.05, 3.63) is 11.6 Å². The van der Waals surface area contributed by atoms with E-state index in [4.69, 9.17) is 0 Å². The highest BCUT2D eigenvalue weighted by Crippen LogP contribution is 2.58. The van der Waals surface area contributed by atoms with Gasteiger partial charge in [-0.3, -0.25) is 4.79 Å². The maximum absolute atomic E-state index is 12.2. The number of rotatable bonds is 4.